The number of carbonyl (C=O) groups is 1. The van der Waals surface area contributed by atoms with Crippen molar-refractivity contribution in [2.75, 3.05) is 7.11 Å². The van der Waals surface area contributed by atoms with Crippen molar-refractivity contribution in [3.8, 4) is 0 Å². The second-order valence-electron chi connectivity index (χ2n) is 7.77. The Bertz CT molecular complexity index is 466. The van der Waals surface area contributed by atoms with Crippen molar-refractivity contribution in [1.82, 2.24) is 0 Å². The Hall–Kier alpha value is -0.813. The Balaban J connectivity index is 2.27. The van der Waals surface area contributed by atoms with Gasteiger partial charge in [-0.2, -0.15) is 0 Å². The molecule has 0 radical (unpaired) electrons. The molecule has 1 heterocycles. The van der Waals surface area contributed by atoms with Crippen molar-refractivity contribution in [2.24, 2.45) is 5.92 Å². The lowest BCUT2D eigenvalue weighted by atomic mass is 9.89. The number of esters is 1. The van der Waals surface area contributed by atoms with Gasteiger partial charge in [-0.15, -0.1) is 0 Å². The van der Waals surface area contributed by atoms with E-state index < -0.39 is 14.1 Å². The second kappa shape index (κ2) is 7.39. The van der Waals surface area contributed by atoms with Gasteiger partial charge < -0.3 is 13.9 Å². The van der Waals surface area contributed by atoms with Gasteiger partial charge in [-0.1, -0.05) is 19.8 Å². The third-order valence-electron chi connectivity index (χ3n) is 4.70. The number of fused-ring (bicyclic) bond motifs is 1. The molecule has 1 saturated carbocycles. The number of unbranched alkanes of at least 4 members (excludes halogenated alkanes) is 2. The van der Waals surface area contributed by atoms with Crippen LogP contribution in [0.3, 0.4) is 0 Å². The van der Waals surface area contributed by atoms with Crippen molar-refractivity contribution in [1.29, 1.82) is 0 Å². The van der Waals surface area contributed by atoms with Gasteiger partial charge in [0.05, 0.1) is 12.7 Å². The summed E-state index contributed by atoms with van der Waals surface area (Å²) in [6.45, 7) is 8.80. The van der Waals surface area contributed by atoms with E-state index in [2.05, 4.69) is 26.6 Å². The van der Waals surface area contributed by atoms with Gasteiger partial charge in [0.1, 0.15) is 5.76 Å². The molecule has 132 valence electrons. The Labute approximate surface area is 141 Å². The van der Waals surface area contributed by atoms with Gasteiger partial charge in [-0.3, -0.25) is 0 Å². The summed E-state index contributed by atoms with van der Waals surface area (Å²) in [6.07, 6.45) is 7.99. The third-order valence-corrected chi connectivity index (χ3v) is 5.66. The molecule has 1 fully saturated rings. The van der Waals surface area contributed by atoms with Crippen LogP contribution in [0.25, 0.3) is 0 Å². The number of carbonyl (C=O) groups excluding carboxylic acids is 1. The number of rotatable bonds is 7. The Morgan fingerprint density at radius 3 is 2.70 bits per heavy atom. The Kier molecular flexibility index (Phi) is 5.95. The normalized spacial score (nSPS) is 27.6. The van der Waals surface area contributed by atoms with Crippen LogP contribution in [0.15, 0.2) is 11.3 Å². The first-order valence-electron chi connectivity index (χ1n) is 9.01. The van der Waals surface area contributed by atoms with Gasteiger partial charge in [-0.25, -0.2) is 4.79 Å². The molecular weight excluding hydrogens is 308 g/mol. The molecule has 0 bridgehead atoms. The van der Waals surface area contributed by atoms with E-state index in [1.165, 1.54) is 7.11 Å². The van der Waals surface area contributed by atoms with Crippen LogP contribution in [0.1, 0.15) is 58.3 Å². The molecule has 0 N–H and O–H groups in total. The molecule has 2 rings (SSSR count). The molecule has 0 spiro atoms. The van der Waals surface area contributed by atoms with Crippen LogP contribution in [0.4, 0.5) is 0 Å². The molecule has 1 aliphatic heterocycles. The second-order valence-corrected chi connectivity index (χ2v) is 12.2. The minimum absolute atomic E-state index is 0.231. The number of allylic oxidation sites excluding steroid dienone is 1. The van der Waals surface area contributed by atoms with E-state index in [1.54, 1.807) is 0 Å². The smallest absolute Gasteiger partial charge is 0.337 e. The zero-order valence-electron chi connectivity index (χ0n) is 15.4. The molecule has 2 aliphatic rings. The predicted octanol–water partition coefficient (Wildman–Crippen LogP) is 4.76. The summed E-state index contributed by atoms with van der Waals surface area (Å²) in [5, 5.41) is 0. The summed E-state index contributed by atoms with van der Waals surface area (Å²) in [5.74, 6) is 0.369. The highest BCUT2D eigenvalue weighted by atomic mass is 28.4. The topological polar surface area (TPSA) is 44.8 Å². The van der Waals surface area contributed by atoms with Gasteiger partial charge in [0.2, 0.25) is 5.79 Å². The SMILES string of the molecule is CCCCCC1=C(C(=O)OC)CC2CCCC2(O[Si](C)(C)C)O1. The van der Waals surface area contributed by atoms with Crippen molar-refractivity contribution >= 4 is 14.3 Å². The van der Waals surface area contributed by atoms with Gasteiger partial charge in [0.25, 0.3) is 0 Å². The van der Waals surface area contributed by atoms with E-state index in [-0.39, 0.29) is 11.9 Å². The fourth-order valence-corrected chi connectivity index (χ4v) is 5.12. The first-order valence-corrected chi connectivity index (χ1v) is 12.4. The van der Waals surface area contributed by atoms with Crippen molar-refractivity contribution in [3.05, 3.63) is 11.3 Å². The van der Waals surface area contributed by atoms with E-state index in [0.29, 0.717) is 0 Å². The lowest BCUT2D eigenvalue weighted by Crippen LogP contribution is -2.49. The van der Waals surface area contributed by atoms with E-state index in [1.807, 2.05) is 0 Å². The van der Waals surface area contributed by atoms with Crippen LogP contribution in [-0.4, -0.2) is 27.2 Å². The maximum Gasteiger partial charge on any atom is 0.337 e. The summed E-state index contributed by atoms with van der Waals surface area (Å²) in [7, 11) is -0.276. The lowest BCUT2D eigenvalue weighted by molar-refractivity contribution is -0.198. The predicted molar refractivity (Wildman–Crippen MR) is 93.4 cm³/mol. The molecular formula is C18H32O4Si. The summed E-state index contributed by atoms with van der Waals surface area (Å²) < 4.78 is 18.0. The number of hydrogen-bond acceptors (Lipinski definition) is 4. The van der Waals surface area contributed by atoms with Crippen LogP contribution in [0, 0.1) is 5.92 Å². The number of ether oxygens (including phenoxy) is 2. The van der Waals surface area contributed by atoms with Crippen LogP contribution < -0.4 is 0 Å². The largest absolute Gasteiger partial charge is 0.467 e. The Morgan fingerprint density at radius 2 is 2.09 bits per heavy atom. The van der Waals surface area contributed by atoms with Crippen LogP contribution in [0.2, 0.25) is 19.6 Å². The summed E-state index contributed by atoms with van der Waals surface area (Å²) in [6, 6.07) is 0. The zero-order chi connectivity index (χ0) is 17.1. The molecule has 0 aromatic rings. The standard InChI is InChI=1S/C18H32O4Si/c1-6-7-8-11-16-15(17(19)20-2)13-14-10-9-12-18(14,21-16)22-23(3,4)5/h14H,6-13H2,1-5H3. The zero-order valence-corrected chi connectivity index (χ0v) is 16.4. The molecule has 5 heteroatoms. The molecule has 0 saturated heterocycles. The maximum absolute atomic E-state index is 12.2. The summed E-state index contributed by atoms with van der Waals surface area (Å²) in [5.41, 5.74) is 0.741. The molecule has 0 aromatic heterocycles. The maximum atomic E-state index is 12.2. The minimum atomic E-state index is -1.73. The van der Waals surface area contributed by atoms with Crippen molar-refractivity contribution < 1.29 is 18.7 Å². The van der Waals surface area contributed by atoms with E-state index >= 15 is 0 Å². The highest BCUT2D eigenvalue weighted by Crippen LogP contribution is 2.50. The first kappa shape index (κ1) is 18.5. The molecule has 0 amide bonds. The van der Waals surface area contributed by atoms with Gasteiger partial charge in [0, 0.05) is 18.8 Å². The molecule has 4 nitrogen and oxygen atoms in total. The third kappa shape index (κ3) is 4.38. The monoisotopic (exact) mass is 340 g/mol. The van der Waals surface area contributed by atoms with Crippen LogP contribution >= 0.6 is 0 Å². The molecule has 1 aliphatic carbocycles. The lowest BCUT2D eigenvalue weighted by Gasteiger charge is -2.44. The number of hydrogen-bond donors (Lipinski definition) is 0. The molecule has 2 atom stereocenters. The molecule has 23 heavy (non-hydrogen) atoms. The quantitative estimate of drug-likeness (QED) is 0.381. The van der Waals surface area contributed by atoms with Crippen LogP contribution in [0.5, 0.6) is 0 Å². The van der Waals surface area contributed by atoms with Gasteiger partial charge >= 0.3 is 5.97 Å². The van der Waals surface area contributed by atoms with Crippen molar-refractivity contribution in [2.45, 2.75) is 83.7 Å². The minimum Gasteiger partial charge on any atom is -0.467 e. The molecule has 2 unspecified atom stereocenters. The fourth-order valence-electron chi connectivity index (χ4n) is 3.77. The van der Waals surface area contributed by atoms with E-state index in [9.17, 15) is 4.79 Å². The Morgan fingerprint density at radius 1 is 1.35 bits per heavy atom. The highest BCUT2D eigenvalue weighted by Gasteiger charge is 2.52. The number of methoxy groups -OCH3 is 1. The average Bonchev–Trinajstić information content (AvgIpc) is 2.85. The first-order chi connectivity index (χ1) is 10.8. The van der Waals surface area contributed by atoms with Gasteiger partial charge in [0.15, 0.2) is 8.32 Å². The summed E-state index contributed by atoms with van der Waals surface area (Å²) in [4.78, 5) is 12.2. The van der Waals surface area contributed by atoms with E-state index in [4.69, 9.17) is 13.9 Å². The summed E-state index contributed by atoms with van der Waals surface area (Å²) >= 11 is 0. The van der Waals surface area contributed by atoms with E-state index in [0.717, 1.165) is 62.7 Å². The van der Waals surface area contributed by atoms with Crippen molar-refractivity contribution in [3.63, 3.8) is 0 Å². The highest BCUT2D eigenvalue weighted by molar-refractivity contribution is 6.69. The average molecular weight is 341 g/mol. The molecule has 0 aromatic carbocycles. The fraction of sp³-hybridized carbons (Fsp3) is 0.833. The van der Waals surface area contributed by atoms with Crippen LogP contribution in [-0.2, 0) is 18.7 Å². The van der Waals surface area contributed by atoms with Gasteiger partial charge in [-0.05, 0) is 45.3 Å².